The van der Waals surface area contributed by atoms with Crippen molar-refractivity contribution < 1.29 is 26.6 Å². The van der Waals surface area contributed by atoms with Crippen LogP contribution in [0, 0.1) is 0 Å². The van der Waals surface area contributed by atoms with Gasteiger partial charge in [-0.25, -0.2) is 0 Å². The summed E-state index contributed by atoms with van der Waals surface area (Å²) in [4.78, 5) is -1.09. The Hall–Kier alpha value is 0.114. The molecule has 0 spiro atoms. The average molecular weight is 525 g/mol. The largest absolute Gasteiger partial charge is 0.526 e. The number of hydrogen-bond acceptors (Lipinski definition) is 8. The zero-order chi connectivity index (χ0) is 25.8. The van der Waals surface area contributed by atoms with Crippen molar-refractivity contribution in [3.05, 3.63) is 0 Å². The van der Waals surface area contributed by atoms with Crippen LogP contribution in [0.4, 0.5) is 0 Å². The topological polar surface area (TPSA) is 107 Å². The lowest BCUT2D eigenvalue weighted by Crippen LogP contribution is -2.84. The summed E-state index contributed by atoms with van der Waals surface area (Å²) in [5, 5.41) is 0. The third kappa shape index (κ3) is 10.2. The van der Waals surface area contributed by atoms with E-state index in [1.807, 2.05) is 41.5 Å². The van der Waals surface area contributed by atoms with Gasteiger partial charge in [0, 0.05) is 39.6 Å². The minimum absolute atomic E-state index is 0.435. The van der Waals surface area contributed by atoms with Crippen LogP contribution >= 0.6 is 0 Å². The summed E-state index contributed by atoms with van der Waals surface area (Å²) < 4.78 is 37.9. The summed E-state index contributed by atoms with van der Waals surface area (Å²) in [6.07, 6.45) is 11.2. The first kappa shape index (κ1) is 34.1. The molecule has 206 valence electrons. The van der Waals surface area contributed by atoms with E-state index in [0.717, 1.165) is 25.8 Å². The molecule has 0 aliphatic carbocycles. The molecule has 0 bridgehead atoms. The van der Waals surface area contributed by atoms with E-state index >= 15 is 0 Å². The van der Waals surface area contributed by atoms with Gasteiger partial charge in [-0.15, -0.1) is 0 Å². The lowest BCUT2D eigenvalue weighted by molar-refractivity contribution is 0.0109. The molecule has 0 aliphatic rings. The highest BCUT2D eigenvalue weighted by Crippen LogP contribution is 2.38. The molecule has 34 heavy (non-hydrogen) atoms. The minimum atomic E-state index is -3.44. The Morgan fingerprint density at radius 2 is 0.735 bits per heavy atom. The molecule has 0 aromatic carbocycles. The fourth-order valence-electron chi connectivity index (χ4n) is 4.44. The standard InChI is InChI=1S/C24H56N2O6Si2/c1-7-27-33(28-8-2,29-9-3)24(26,34(30-10-4,31-11-5)32-12-6)22-20-18-16-14-13-15-17-19-21-23-25/h7-23,25-26H2,1-6H3. The Morgan fingerprint density at radius 1 is 0.471 bits per heavy atom. The molecule has 0 atom stereocenters. The van der Waals surface area contributed by atoms with Gasteiger partial charge >= 0.3 is 17.6 Å². The van der Waals surface area contributed by atoms with Gasteiger partial charge in [0.25, 0.3) is 0 Å². The van der Waals surface area contributed by atoms with Crippen molar-refractivity contribution in [3.8, 4) is 0 Å². The number of rotatable bonds is 25. The van der Waals surface area contributed by atoms with E-state index < -0.39 is 22.4 Å². The lowest BCUT2D eigenvalue weighted by Gasteiger charge is -2.49. The molecule has 0 aliphatic heterocycles. The third-order valence-electron chi connectivity index (χ3n) is 5.87. The van der Waals surface area contributed by atoms with E-state index in [1.165, 1.54) is 38.5 Å². The van der Waals surface area contributed by atoms with Gasteiger partial charge in [0.15, 0.2) is 4.79 Å². The van der Waals surface area contributed by atoms with Crippen LogP contribution in [-0.4, -0.2) is 68.6 Å². The molecule has 0 heterocycles. The summed E-state index contributed by atoms with van der Waals surface area (Å²) in [5.41, 5.74) is 12.9. The highest BCUT2D eigenvalue weighted by Gasteiger charge is 2.75. The van der Waals surface area contributed by atoms with Gasteiger partial charge in [-0.05, 0) is 60.9 Å². The monoisotopic (exact) mass is 524 g/mol. The fourth-order valence-corrected chi connectivity index (χ4v) is 12.5. The zero-order valence-electron chi connectivity index (χ0n) is 23.1. The average Bonchev–Trinajstić information content (AvgIpc) is 2.81. The highest BCUT2D eigenvalue weighted by atomic mass is 28.5. The van der Waals surface area contributed by atoms with Crippen LogP contribution in [0.5, 0.6) is 0 Å². The molecule has 4 N–H and O–H groups in total. The lowest BCUT2D eigenvalue weighted by atomic mass is 10.1. The Bertz CT molecular complexity index is 417. The molecule has 0 radical (unpaired) electrons. The van der Waals surface area contributed by atoms with E-state index in [4.69, 9.17) is 38.0 Å². The molecule has 0 aromatic heterocycles. The van der Waals surface area contributed by atoms with Crippen LogP contribution in [0.2, 0.25) is 0 Å². The van der Waals surface area contributed by atoms with Gasteiger partial charge in [-0.2, -0.15) is 0 Å². The second-order valence-corrected chi connectivity index (χ2v) is 14.6. The number of unbranched alkanes of at least 4 members (excludes halogenated alkanes) is 8. The summed E-state index contributed by atoms with van der Waals surface area (Å²) in [6, 6.07) is 0. The molecule has 8 nitrogen and oxygen atoms in total. The molecule has 0 unspecified atom stereocenters. The van der Waals surface area contributed by atoms with Crippen molar-refractivity contribution >= 4 is 17.6 Å². The van der Waals surface area contributed by atoms with Crippen LogP contribution in [-0.2, 0) is 26.6 Å². The van der Waals surface area contributed by atoms with E-state index in [2.05, 4.69) is 0 Å². The Kier molecular flexibility index (Phi) is 20.3. The van der Waals surface area contributed by atoms with E-state index in [1.54, 1.807) is 0 Å². The van der Waals surface area contributed by atoms with E-state index in [-0.39, 0.29) is 0 Å². The van der Waals surface area contributed by atoms with Crippen molar-refractivity contribution in [1.82, 2.24) is 0 Å². The van der Waals surface area contributed by atoms with Gasteiger partial charge < -0.3 is 38.0 Å². The van der Waals surface area contributed by atoms with Crippen molar-refractivity contribution in [2.24, 2.45) is 11.5 Å². The number of hydrogen-bond donors (Lipinski definition) is 2. The smallest absolute Gasteiger partial charge is 0.373 e. The summed E-state index contributed by atoms with van der Waals surface area (Å²) in [7, 11) is -6.87. The maximum Gasteiger partial charge on any atom is 0.526 e. The molecule has 0 fully saturated rings. The SMILES string of the molecule is CCO[Si](OCC)(OCC)C(N)(CCCCCCCCCCCN)[Si](OCC)(OCC)OCC. The van der Waals surface area contributed by atoms with Crippen LogP contribution in [0.1, 0.15) is 106 Å². The second kappa shape index (κ2) is 20.2. The normalized spacial score (nSPS) is 13.1. The molecule has 0 rings (SSSR count). The summed E-state index contributed by atoms with van der Waals surface area (Å²) in [6.45, 7) is 15.1. The zero-order valence-corrected chi connectivity index (χ0v) is 25.1. The maximum atomic E-state index is 7.35. The Labute approximate surface area is 212 Å². The third-order valence-corrected chi connectivity index (χ3v) is 14.4. The fraction of sp³-hybridized carbons (Fsp3) is 1.00. The molecule has 0 aromatic rings. The number of nitrogens with two attached hydrogens (primary N) is 2. The predicted molar refractivity (Wildman–Crippen MR) is 143 cm³/mol. The molecule has 0 amide bonds. The second-order valence-electron chi connectivity index (χ2n) is 8.40. The van der Waals surface area contributed by atoms with E-state index in [0.29, 0.717) is 46.1 Å². The molecule has 10 heteroatoms. The maximum absolute atomic E-state index is 7.35. The minimum Gasteiger partial charge on any atom is -0.373 e. The Morgan fingerprint density at radius 3 is 1.00 bits per heavy atom. The summed E-state index contributed by atoms with van der Waals surface area (Å²) in [5.74, 6) is 0. The van der Waals surface area contributed by atoms with Crippen molar-refractivity contribution in [3.63, 3.8) is 0 Å². The van der Waals surface area contributed by atoms with Crippen LogP contribution in [0.25, 0.3) is 0 Å². The van der Waals surface area contributed by atoms with Crippen LogP contribution in [0.15, 0.2) is 0 Å². The molecular formula is C24H56N2O6Si2. The van der Waals surface area contributed by atoms with Crippen molar-refractivity contribution in [1.29, 1.82) is 0 Å². The van der Waals surface area contributed by atoms with Crippen molar-refractivity contribution in [2.75, 3.05) is 46.2 Å². The van der Waals surface area contributed by atoms with Gasteiger partial charge in [0.2, 0.25) is 0 Å². The van der Waals surface area contributed by atoms with Gasteiger partial charge in [0.05, 0.1) is 0 Å². The van der Waals surface area contributed by atoms with Gasteiger partial charge in [-0.3, -0.25) is 0 Å². The highest BCUT2D eigenvalue weighted by molar-refractivity contribution is 6.85. The summed E-state index contributed by atoms with van der Waals surface area (Å²) >= 11 is 0. The van der Waals surface area contributed by atoms with E-state index in [9.17, 15) is 0 Å². The van der Waals surface area contributed by atoms with Gasteiger partial charge in [-0.1, -0.05) is 51.4 Å². The van der Waals surface area contributed by atoms with Gasteiger partial charge in [0.1, 0.15) is 0 Å². The quantitative estimate of drug-likeness (QED) is 0.130. The molecular weight excluding hydrogens is 468 g/mol. The first-order chi connectivity index (χ1) is 16.4. The van der Waals surface area contributed by atoms with Crippen molar-refractivity contribution in [2.45, 2.75) is 111 Å². The Balaban J connectivity index is 5.67. The molecule has 0 saturated carbocycles. The van der Waals surface area contributed by atoms with Crippen LogP contribution in [0.3, 0.4) is 0 Å². The first-order valence-electron chi connectivity index (χ1n) is 13.7. The first-order valence-corrected chi connectivity index (χ1v) is 17.2. The predicted octanol–water partition coefficient (Wildman–Crippen LogP) is 4.72. The molecule has 0 saturated heterocycles. The van der Waals surface area contributed by atoms with Crippen LogP contribution < -0.4 is 11.5 Å².